The molecule has 1 atom stereocenters. The molecule has 3 heteroatoms. The monoisotopic (exact) mass is 249 g/mol. The number of hydrogen-bond donors (Lipinski definition) is 0. The third-order valence-corrected chi connectivity index (χ3v) is 2.82. The molecule has 1 aliphatic rings. The Hall–Kier alpha value is -1.38. The van der Waals surface area contributed by atoms with Gasteiger partial charge in [-0.25, -0.2) is 0 Å². The van der Waals surface area contributed by atoms with Crippen molar-refractivity contribution in [1.29, 1.82) is 0 Å². The van der Waals surface area contributed by atoms with E-state index in [2.05, 4.69) is 31.0 Å². The molecule has 0 aliphatic carbocycles. The number of aliphatic imine (C=N–C) groups is 1. The second-order valence-corrected chi connectivity index (χ2v) is 4.45. The van der Waals surface area contributed by atoms with E-state index in [0.717, 1.165) is 38.4 Å². The first kappa shape index (κ1) is 14.7. The molecule has 3 nitrogen and oxygen atoms in total. The Balaban J connectivity index is 2.74. The van der Waals surface area contributed by atoms with Crippen molar-refractivity contribution in [2.24, 2.45) is 10.9 Å². The second-order valence-electron chi connectivity index (χ2n) is 4.45. The SMILES string of the molecule is CCC/C=C\C(CCC)C1=NCCC=C(C=O)O1. The Labute approximate surface area is 110 Å². The summed E-state index contributed by atoms with van der Waals surface area (Å²) in [5.74, 6) is 1.29. The standard InChI is InChI=1S/C15H23NO2/c1-3-5-6-9-13(8-4-2)15-16-11-7-10-14(12-17)18-15/h6,9-10,12-13H,3-5,7-8,11H2,1-2H3/b9-6-. The topological polar surface area (TPSA) is 38.7 Å². The highest BCUT2D eigenvalue weighted by Gasteiger charge is 2.17. The van der Waals surface area contributed by atoms with Gasteiger partial charge < -0.3 is 4.74 Å². The Bertz CT molecular complexity index is 342. The molecule has 0 N–H and O–H groups in total. The molecular weight excluding hydrogens is 226 g/mol. The average Bonchev–Trinajstić information content (AvgIpc) is 2.63. The predicted octanol–water partition coefficient (Wildman–Crippen LogP) is 3.66. The molecule has 1 rings (SSSR count). The van der Waals surface area contributed by atoms with Crippen molar-refractivity contribution in [2.75, 3.05) is 6.54 Å². The fourth-order valence-corrected chi connectivity index (χ4v) is 1.88. The van der Waals surface area contributed by atoms with Gasteiger partial charge in [0.2, 0.25) is 0 Å². The maximum absolute atomic E-state index is 10.8. The average molecular weight is 249 g/mol. The van der Waals surface area contributed by atoms with Gasteiger partial charge in [-0.2, -0.15) is 0 Å². The minimum absolute atomic E-state index is 0.197. The summed E-state index contributed by atoms with van der Waals surface area (Å²) in [6, 6.07) is 0. The molecule has 0 radical (unpaired) electrons. The fourth-order valence-electron chi connectivity index (χ4n) is 1.88. The summed E-state index contributed by atoms with van der Waals surface area (Å²) in [6.07, 6.45) is 12.0. The zero-order valence-corrected chi connectivity index (χ0v) is 11.4. The molecule has 1 unspecified atom stereocenters. The molecule has 0 bridgehead atoms. The second kappa shape index (κ2) is 8.67. The predicted molar refractivity (Wildman–Crippen MR) is 74.6 cm³/mol. The van der Waals surface area contributed by atoms with E-state index in [1.54, 1.807) is 0 Å². The highest BCUT2D eigenvalue weighted by molar-refractivity contribution is 5.85. The lowest BCUT2D eigenvalue weighted by Gasteiger charge is -2.14. The highest BCUT2D eigenvalue weighted by atomic mass is 16.5. The van der Waals surface area contributed by atoms with E-state index in [9.17, 15) is 4.79 Å². The van der Waals surface area contributed by atoms with E-state index in [-0.39, 0.29) is 5.92 Å². The van der Waals surface area contributed by atoms with Crippen molar-refractivity contribution >= 4 is 12.2 Å². The molecule has 0 saturated heterocycles. The van der Waals surface area contributed by atoms with Gasteiger partial charge in [0.1, 0.15) is 0 Å². The van der Waals surface area contributed by atoms with Crippen molar-refractivity contribution in [2.45, 2.75) is 46.0 Å². The van der Waals surface area contributed by atoms with Gasteiger partial charge in [0.05, 0.1) is 5.92 Å². The summed E-state index contributed by atoms with van der Waals surface area (Å²) < 4.78 is 5.60. The molecule has 0 aromatic heterocycles. The summed E-state index contributed by atoms with van der Waals surface area (Å²) >= 11 is 0. The van der Waals surface area contributed by atoms with Gasteiger partial charge >= 0.3 is 0 Å². The Kier molecular flexibility index (Phi) is 7.07. The first-order valence-corrected chi connectivity index (χ1v) is 6.86. The third kappa shape index (κ3) is 4.86. The van der Waals surface area contributed by atoms with Crippen molar-refractivity contribution in [1.82, 2.24) is 0 Å². The summed E-state index contributed by atoms with van der Waals surface area (Å²) in [7, 11) is 0. The van der Waals surface area contributed by atoms with Crippen LogP contribution in [-0.4, -0.2) is 18.7 Å². The molecule has 0 saturated carbocycles. The van der Waals surface area contributed by atoms with E-state index in [0.29, 0.717) is 18.2 Å². The van der Waals surface area contributed by atoms with Crippen molar-refractivity contribution < 1.29 is 9.53 Å². The zero-order valence-electron chi connectivity index (χ0n) is 11.4. The van der Waals surface area contributed by atoms with E-state index in [4.69, 9.17) is 4.74 Å². The number of rotatable bonds is 7. The third-order valence-electron chi connectivity index (χ3n) is 2.82. The quantitative estimate of drug-likeness (QED) is 0.510. The minimum Gasteiger partial charge on any atom is -0.440 e. The van der Waals surface area contributed by atoms with E-state index >= 15 is 0 Å². The van der Waals surface area contributed by atoms with Crippen LogP contribution in [0.3, 0.4) is 0 Å². The number of unbranched alkanes of at least 4 members (excludes halogenated alkanes) is 1. The van der Waals surface area contributed by atoms with Crippen molar-refractivity contribution in [3.63, 3.8) is 0 Å². The van der Waals surface area contributed by atoms with Crippen molar-refractivity contribution in [3.05, 3.63) is 24.0 Å². The van der Waals surface area contributed by atoms with Crippen LogP contribution in [0.15, 0.2) is 29.0 Å². The zero-order chi connectivity index (χ0) is 13.2. The van der Waals surface area contributed by atoms with Gasteiger partial charge in [-0.1, -0.05) is 38.8 Å². The van der Waals surface area contributed by atoms with Crippen LogP contribution in [-0.2, 0) is 9.53 Å². The van der Waals surface area contributed by atoms with E-state index < -0.39 is 0 Å². The number of aldehydes is 1. The van der Waals surface area contributed by atoms with Crippen molar-refractivity contribution in [3.8, 4) is 0 Å². The van der Waals surface area contributed by atoms with Crippen LogP contribution in [0.1, 0.15) is 46.0 Å². The lowest BCUT2D eigenvalue weighted by atomic mass is 10.0. The largest absolute Gasteiger partial charge is 0.440 e. The number of ether oxygens (including phenoxy) is 1. The van der Waals surface area contributed by atoms with Crippen LogP contribution in [0, 0.1) is 5.92 Å². The fraction of sp³-hybridized carbons (Fsp3) is 0.600. The molecule has 1 aliphatic heterocycles. The Morgan fingerprint density at radius 2 is 2.28 bits per heavy atom. The summed E-state index contributed by atoms with van der Waals surface area (Å²) in [6.45, 7) is 5.01. The van der Waals surface area contributed by atoms with Crippen LogP contribution in [0.5, 0.6) is 0 Å². The molecule has 100 valence electrons. The molecule has 0 aromatic rings. The number of allylic oxidation sites excluding steroid dienone is 2. The number of carbonyl (C=O) groups excluding carboxylic acids is 1. The maximum Gasteiger partial charge on any atom is 0.197 e. The summed E-state index contributed by atoms with van der Waals surface area (Å²) in [4.78, 5) is 15.3. The first-order valence-electron chi connectivity index (χ1n) is 6.86. The first-order chi connectivity index (χ1) is 8.81. The smallest absolute Gasteiger partial charge is 0.197 e. The van der Waals surface area contributed by atoms with Crippen LogP contribution in [0.4, 0.5) is 0 Å². The normalized spacial score (nSPS) is 17.7. The highest BCUT2D eigenvalue weighted by Crippen LogP contribution is 2.17. The van der Waals surface area contributed by atoms with Gasteiger partial charge in [-0.3, -0.25) is 9.79 Å². The van der Waals surface area contributed by atoms with Crippen LogP contribution in [0.2, 0.25) is 0 Å². The van der Waals surface area contributed by atoms with Gasteiger partial charge in [-0.05, 0) is 25.3 Å². The Morgan fingerprint density at radius 3 is 2.94 bits per heavy atom. The number of nitrogens with zero attached hydrogens (tertiary/aromatic N) is 1. The van der Waals surface area contributed by atoms with Gasteiger partial charge in [0, 0.05) is 6.54 Å². The minimum atomic E-state index is 0.197. The molecular formula is C15H23NO2. The van der Waals surface area contributed by atoms with Gasteiger partial charge in [0.15, 0.2) is 17.9 Å². The van der Waals surface area contributed by atoms with Gasteiger partial charge in [-0.15, -0.1) is 0 Å². The maximum atomic E-state index is 10.8. The van der Waals surface area contributed by atoms with Crippen LogP contribution >= 0.6 is 0 Å². The molecule has 18 heavy (non-hydrogen) atoms. The molecule has 0 fully saturated rings. The summed E-state index contributed by atoms with van der Waals surface area (Å²) in [5.41, 5.74) is 0. The molecule has 0 spiro atoms. The molecule has 0 aromatic carbocycles. The summed E-state index contributed by atoms with van der Waals surface area (Å²) in [5, 5.41) is 0. The molecule has 1 heterocycles. The number of hydrogen-bond acceptors (Lipinski definition) is 3. The lowest BCUT2D eigenvalue weighted by Crippen LogP contribution is -2.16. The lowest BCUT2D eigenvalue weighted by molar-refractivity contribution is -0.106. The Morgan fingerprint density at radius 1 is 1.44 bits per heavy atom. The van der Waals surface area contributed by atoms with Gasteiger partial charge in [0.25, 0.3) is 0 Å². The number of carbonyl (C=O) groups is 1. The molecule has 0 amide bonds. The van der Waals surface area contributed by atoms with Crippen LogP contribution in [0.25, 0.3) is 0 Å². The van der Waals surface area contributed by atoms with Crippen LogP contribution < -0.4 is 0 Å². The van der Waals surface area contributed by atoms with E-state index in [1.165, 1.54) is 0 Å². The van der Waals surface area contributed by atoms with E-state index in [1.807, 2.05) is 6.08 Å².